The Bertz CT molecular complexity index is 1290. The maximum absolute atomic E-state index is 12.5. The monoisotopic (exact) mass is 483 g/mol. The highest BCUT2D eigenvalue weighted by Crippen LogP contribution is 2.29. The van der Waals surface area contributed by atoms with Crippen LogP contribution in [0.5, 0.6) is 11.5 Å². The zero-order valence-electron chi connectivity index (χ0n) is 20.6. The smallest absolute Gasteiger partial charge is 0.262 e. The Kier molecular flexibility index (Phi) is 9.24. The summed E-state index contributed by atoms with van der Waals surface area (Å²) in [6.07, 6.45) is 1.49. The molecule has 0 bridgehead atoms. The second-order valence-electron chi connectivity index (χ2n) is 8.06. The number of hydrogen-bond donors (Lipinski definition) is 2. The minimum Gasteiger partial charge on any atom is -0.490 e. The first-order valence-electron chi connectivity index (χ1n) is 11.6. The molecule has 2 amide bonds. The maximum Gasteiger partial charge on any atom is 0.262 e. The van der Waals surface area contributed by atoms with Crippen molar-refractivity contribution in [3.63, 3.8) is 0 Å². The molecular formula is C29H29N3O4. The van der Waals surface area contributed by atoms with Crippen LogP contribution in [-0.2, 0) is 16.1 Å². The van der Waals surface area contributed by atoms with Crippen LogP contribution in [0.3, 0.4) is 0 Å². The summed E-state index contributed by atoms with van der Waals surface area (Å²) in [6.45, 7) is 6.26. The highest BCUT2D eigenvalue weighted by atomic mass is 16.5. The molecule has 3 aromatic carbocycles. The van der Waals surface area contributed by atoms with E-state index < -0.39 is 5.91 Å². The molecule has 36 heavy (non-hydrogen) atoms. The minimum absolute atomic E-state index is 0.0325. The predicted octanol–water partition coefficient (Wildman–Crippen LogP) is 4.94. The van der Waals surface area contributed by atoms with Crippen LogP contribution in [-0.4, -0.2) is 25.0 Å². The Morgan fingerprint density at radius 2 is 1.75 bits per heavy atom. The first-order chi connectivity index (χ1) is 17.4. The van der Waals surface area contributed by atoms with E-state index >= 15 is 0 Å². The van der Waals surface area contributed by atoms with Crippen LogP contribution >= 0.6 is 0 Å². The van der Waals surface area contributed by atoms with E-state index in [1.807, 2.05) is 75.4 Å². The van der Waals surface area contributed by atoms with Gasteiger partial charge in [-0.05, 0) is 67.3 Å². The zero-order valence-corrected chi connectivity index (χ0v) is 20.6. The molecule has 7 heteroatoms. The second kappa shape index (κ2) is 12.8. The van der Waals surface area contributed by atoms with Crippen LogP contribution in [0, 0.1) is 25.2 Å². The fourth-order valence-corrected chi connectivity index (χ4v) is 3.41. The fraction of sp³-hybridized carbons (Fsp3) is 0.207. The Balaban J connectivity index is 1.68. The molecule has 0 atom stereocenters. The van der Waals surface area contributed by atoms with E-state index in [1.54, 1.807) is 18.2 Å². The van der Waals surface area contributed by atoms with Gasteiger partial charge in [-0.2, -0.15) is 5.26 Å². The van der Waals surface area contributed by atoms with Gasteiger partial charge in [0.25, 0.3) is 11.8 Å². The van der Waals surface area contributed by atoms with Crippen molar-refractivity contribution in [1.29, 1.82) is 5.26 Å². The van der Waals surface area contributed by atoms with Gasteiger partial charge in [0.15, 0.2) is 18.1 Å². The molecule has 184 valence electrons. The molecule has 0 aromatic heterocycles. The largest absolute Gasteiger partial charge is 0.490 e. The SMILES string of the molecule is CCOc1cc(/C=C(\C#N)C(=O)NCc2ccccc2)ccc1OCC(=O)Nc1cccc(C)c1C. The molecule has 0 radical (unpaired) electrons. The third-order valence-electron chi connectivity index (χ3n) is 5.48. The van der Waals surface area contributed by atoms with Crippen LogP contribution in [0.25, 0.3) is 6.08 Å². The number of carbonyl (C=O) groups is 2. The van der Waals surface area contributed by atoms with Crippen LogP contribution < -0.4 is 20.1 Å². The van der Waals surface area contributed by atoms with E-state index in [0.29, 0.717) is 30.2 Å². The average molecular weight is 484 g/mol. The Hall–Kier alpha value is -4.57. The van der Waals surface area contributed by atoms with Gasteiger partial charge in [0.1, 0.15) is 11.6 Å². The number of nitrogens with zero attached hydrogens (tertiary/aromatic N) is 1. The molecule has 0 heterocycles. The van der Waals surface area contributed by atoms with Crippen molar-refractivity contribution in [2.75, 3.05) is 18.5 Å². The van der Waals surface area contributed by atoms with Gasteiger partial charge in [-0.25, -0.2) is 0 Å². The van der Waals surface area contributed by atoms with E-state index in [4.69, 9.17) is 9.47 Å². The van der Waals surface area contributed by atoms with Crippen molar-refractivity contribution in [1.82, 2.24) is 5.32 Å². The predicted molar refractivity (Wildman–Crippen MR) is 140 cm³/mol. The number of nitrogens with one attached hydrogen (secondary N) is 2. The van der Waals surface area contributed by atoms with Gasteiger partial charge in [0.2, 0.25) is 0 Å². The molecular weight excluding hydrogens is 454 g/mol. The number of ether oxygens (including phenoxy) is 2. The third-order valence-corrected chi connectivity index (χ3v) is 5.48. The summed E-state index contributed by atoms with van der Waals surface area (Å²) in [5.74, 6) is 0.0321. The molecule has 3 rings (SSSR count). The Labute approximate surface area is 211 Å². The minimum atomic E-state index is -0.470. The Morgan fingerprint density at radius 3 is 2.47 bits per heavy atom. The number of hydrogen-bond acceptors (Lipinski definition) is 5. The molecule has 3 aromatic rings. The van der Waals surface area contributed by atoms with Gasteiger partial charge in [0.05, 0.1) is 6.61 Å². The fourth-order valence-electron chi connectivity index (χ4n) is 3.41. The molecule has 0 unspecified atom stereocenters. The molecule has 0 aliphatic rings. The molecule has 2 N–H and O–H groups in total. The normalized spacial score (nSPS) is 10.8. The first kappa shape index (κ1) is 26.0. The van der Waals surface area contributed by atoms with Crippen molar-refractivity contribution in [3.05, 3.63) is 94.6 Å². The number of benzene rings is 3. The molecule has 0 spiro atoms. The summed E-state index contributed by atoms with van der Waals surface area (Å²) in [7, 11) is 0. The summed E-state index contributed by atoms with van der Waals surface area (Å²) in [5.41, 5.74) is 4.32. The molecule has 7 nitrogen and oxygen atoms in total. The van der Waals surface area contributed by atoms with E-state index in [-0.39, 0.29) is 18.1 Å². The summed E-state index contributed by atoms with van der Waals surface area (Å²) in [4.78, 5) is 24.9. The standard InChI is InChI=1S/C29H29N3O4/c1-4-35-27-16-23(15-24(17-30)29(34)31-18-22-10-6-5-7-11-22)13-14-26(27)36-19-28(33)32-25-12-8-9-20(2)21(25)3/h5-16H,4,18-19H2,1-3H3,(H,31,34)(H,32,33)/b24-15+. The highest BCUT2D eigenvalue weighted by molar-refractivity contribution is 6.01. The molecule has 0 aliphatic carbocycles. The van der Waals surface area contributed by atoms with E-state index in [2.05, 4.69) is 10.6 Å². The lowest BCUT2D eigenvalue weighted by Gasteiger charge is -2.14. The number of nitriles is 1. The van der Waals surface area contributed by atoms with Crippen molar-refractivity contribution in [2.24, 2.45) is 0 Å². The van der Waals surface area contributed by atoms with E-state index in [9.17, 15) is 14.9 Å². The number of carbonyl (C=O) groups excluding carboxylic acids is 2. The topological polar surface area (TPSA) is 100 Å². The lowest BCUT2D eigenvalue weighted by atomic mass is 10.1. The Morgan fingerprint density at radius 1 is 0.972 bits per heavy atom. The number of amides is 2. The zero-order chi connectivity index (χ0) is 25.9. The summed E-state index contributed by atoms with van der Waals surface area (Å²) in [5, 5.41) is 15.1. The van der Waals surface area contributed by atoms with Crippen LogP contribution in [0.1, 0.15) is 29.2 Å². The van der Waals surface area contributed by atoms with Crippen molar-refractivity contribution in [2.45, 2.75) is 27.3 Å². The van der Waals surface area contributed by atoms with Gasteiger partial charge in [-0.1, -0.05) is 48.5 Å². The lowest BCUT2D eigenvalue weighted by molar-refractivity contribution is -0.118. The average Bonchev–Trinajstić information content (AvgIpc) is 2.89. The third kappa shape index (κ3) is 7.21. The lowest BCUT2D eigenvalue weighted by Crippen LogP contribution is -2.23. The number of anilines is 1. The van der Waals surface area contributed by atoms with Crippen molar-refractivity contribution in [3.8, 4) is 17.6 Å². The van der Waals surface area contributed by atoms with Gasteiger partial charge in [-0.3, -0.25) is 9.59 Å². The molecule has 0 fully saturated rings. The molecule has 0 saturated carbocycles. The number of rotatable bonds is 10. The van der Waals surface area contributed by atoms with Crippen LogP contribution in [0.15, 0.2) is 72.3 Å². The van der Waals surface area contributed by atoms with Gasteiger partial charge >= 0.3 is 0 Å². The van der Waals surface area contributed by atoms with Crippen LogP contribution in [0.2, 0.25) is 0 Å². The van der Waals surface area contributed by atoms with Crippen LogP contribution in [0.4, 0.5) is 5.69 Å². The second-order valence-corrected chi connectivity index (χ2v) is 8.06. The first-order valence-corrected chi connectivity index (χ1v) is 11.6. The van der Waals surface area contributed by atoms with Gasteiger partial charge in [-0.15, -0.1) is 0 Å². The summed E-state index contributed by atoms with van der Waals surface area (Å²) < 4.78 is 11.4. The van der Waals surface area contributed by atoms with Gasteiger partial charge < -0.3 is 20.1 Å². The van der Waals surface area contributed by atoms with Crippen molar-refractivity contribution >= 4 is 23.6 Å². The molecule has 0 saturated heterocycles. The molecule has 0 aliphatic heterocycles. The quantitative estimate of drug-likeness (QED) is 0.314. The van der Waals surface area contributed by atoms with Crippen molar-refractivity contribution < 1.29 is 19.1 Å². The number of aryl methyl sites for hydroxylation is 1. The van der Waals surface area contributed by atoms with E-state index in [1.165, 1.54) is 6.08 Å². The summed E-state index contributed by atoms with van der Waals surface area (Å²) in [6, 6.07) is 22.1. The van der Waals surface area contributed by atoms with Gasteiger partial charge in [0, 0.05) is 12.2 Å². The van der Waals surface area contributed by atoms with E-state index in [0.717, 1.165) is 22.4 Å². The maximum atomic E-state index is 12.5. The highest BCUT2D eigenvalue weighted by Gasteiger charge is 2.13. The summed E-state index contributed by atoms with van der Waals surface area (Å²) >= 11 is 0.